The van der Waals surface area contributed by atoms with Crippen LogP contribution in [0.4, 0.5) is 0 Å². The monoisotopic (exact) mass is 272 g/mol. The van der Waals surface area contributed by atoms with E-state index in [2.05, 4.69) is 5.32 Å². The largest absolute Gasteiger partial charge is 0.383 e. The zero-order valence-electron chi connectivity index (χ0n) is 9.97. The number of hydrogen-bond acceptors (Lipinski definition) is 4. The van der Waals surface area contributed by atoms with Crippen molar-refractivity contribution in [3.05, 3.63) is 0 Å². The van der Waals surface area contributed by atoms with Crippen LogP contribution in [0.5, 0.6) is 0 Å². The third-order valence-electron chi connectivity index (χ3n) is 2.83. The van der Waals surface area contributed by atoms with Crippen molar-refractivity contribution in [2.75, 3.05) is 33.9 Å². The summed E-state index contributed by atoms with van der Waals surface area (Å²) in [4.78, 5) is 0. The van der Waals surface area contributed by atoms with Gasteiger partial charge in [-0.1, -0.05) is 0 Å². The Balaban J connectivity index is 0.00000225. The van der Waals surface area contributed by atoms with E-state index in [0.717, 1.165) is 6.42 Å². The summed E-state index contributed by atoms with van der Waals surface area (Å²) >= 11 is 0. The number of nitrogens with zero attached hydrogens (tertiary/aromatic N) is 1. The molecule has 1 fully saturated rings. The third kappa shape index (κ3) is 3.56. The van der Waals surface area contributed by atoms with Gasteiger partial charge in [0.1, 0.15) is 0 Å². The predicted molar refractivity (Wildman–Crippen MR) is 66.5 cm³/mol. The van der Waals surface area contributed by atoms with Gasteiger partial charge in [-0.25, -0.2) is 12.7 Å². The van der Waals surface area contributed by atoms with E-state index in [9.17, 15) is 8.42 Å². The van der Waals surface area contributed by atoms with Crippen molar-refractivity contribution in [3.8, 4) is 0 Å². The van der Waals surface area contributed by atoms with Gasteiger partial charge in [0, 0.05) is 26.2 Å². The summed E-state index contributed by atoms with van der Waals surface area (Å²) in [6.45, 7) is 3.13. The predicted octanol–water partition coefficient (Wildman–Crippen LogP) is 0.0666. The Kier molecular flexibility index (Phi) is 6.81. The number of likely N-dealkylation sites (N-methyl/N-ethyl adjacent to an activating group) is 1. The molecule has 0 aromatic rings. The van der Waals surface area contributed by atoms with Crippen LogP contribution in [-0.2, 0) is 14.8 Å². The Hall–Kier alpha value is 0.120. The van der Waals surface area contributed by atoms with E-state index in [0.29, 0.717) is 13.1 Å². The molecule has 1 saturated heterocycles. The van der Waals surface area contributed by atoms with Crippen LogP contribution in [0.3, 0.4) is 0 Å². The summed E-state index contributed by atoms with van der Waals surface area (Å²) in [5.74, 6) is 0. The van der Waals surface area contributed by atoms with E-state index in [-0.39, 0.29) is 25.1 Å². The lowest BCUT2D eigenvalue weighted by atomic mass is 10.3. The molecule has 0 saturated carbocycles. The summed E-state index contributed by atoms with van der Waals surface area (Å²) in [7, 11) is 0.205. The second kappa shape index (κ2) is 6.76. The molecule has 0 aliphatic carbocycles. The molecular weight excluding hydrogens is 252 g/mol. The minimum atomic E-state index is -3.18. The summed E-state index contributed by atoms with van der Waals surface area (Å²) in [5, 5.41) is 2.64. The molecular formula is C9H21ClN2O3S. The lowest BCUT2D eigenvalue weighted by Gasteiger charge is -2.20. The molecule has 2 unspecified atom stereocenters. The van der Waals surface area contributed by atoms with Crippen LogP contribution in [0.25, 0.3) is 0 Å². The zero-order chi connectivity index (χ0) is 11.5. The summed E-state index contributed by atoms with van der Waals surface area (Å²) in [6.07, 6.45) is 0.884. The Bertz CT molecular complexity index is 297. The first kappa shape index (κ1) is 16.1. The molecule has 2 atom stereocenters. The fourth-order valence-electron chi connectivity index (χ4n) is 1.77. The van der Waals surface area contributed by atoms with Gasteiger partial charge in [-0.05, 0) is 20.4 Å². The number of methoxy groups -OCH3 is 1. The van der Waals surface area contributed by atoms with Gasteiger partial charge < -0.3 is 10.1 Å². The van der Waals surface area contributed by atoms with E-state index in [4.69, 9.17) is 4.74 Å². The summed E-state index contributed by atoms with van der Waals surface area (Å²) in [5.41, 5.74) is 0. The number of halogens is 1. The van der Waals surface area contributed by atoms with Crippen molar-refractivity contribution in [2.24, 2.45) is 0 Å². The van der Waals surface area contributed by atoms with Gasteiger partial charge in [0.05, 0.1) is 11.9 Å². The normalized spacial score (nSPS) is 24.1. The summed E-state index contributed by atoms with van der Waals surface area (Å²) in [6, 6.07) is 0.287. The van der Waals surface area contributed by atoms with Crippen LogP contribution < -0.4 is 5.32 Å². The second-order valence-electron chi connectivity index (χ2n) is 3.94. The molecule has 1 rings (SSSR count). The van der Waals surface area contributed by atoms with Crippen molar-refractivity contribution in [2.45, 2.75) is 24.6 Å². The molecule has 0 amide bonds. The number of hydrogen-bond donors (Lipinski definition) is 1. The Morgan fingerprint density at radius 1 is 1.56 bits per heavy atom. The molecule has 1 N–H and O–H groups in total. The molecule has 1 aliphatic heterocycles. The molecule has 98 valence electrons. The molecule has 0 bridgehead atoms. The van der Waals surface area contributed by atoms with Gasteiger partial charge >= 0.3 is 0 Å². The van der Waals surface area contributed by atoms with E-state index >= 15 is 0 Å². The third-order valence-corrected chi connectivity index (χ3v) is 5.03. The van der Waals surface area contributed by atoms with Crippen LogP contribution in [0, 0.1) is 0 Å². The molecule has 0 radical (unpaired) electrons. The van der Waals surface area contributed by atoms with Crippen molar-refractivity contribution in [1.29, 1.82) is 0 Å². The molecule has 0 aromatic carbocycles. The first-order valence-electron chi connectivity index (χ1n) is 5.17. The average Bonchev–Trinajstić information content (AvgIpc) is 2.66. The van der Waals surface area contributed by atoms with E-state index in [1.165, 1.54) is 7.11 Å². The molecule has 5 nitrogen and oxygen atoms in total. The van der Waals surface area contributed by atoms with E-state index in [1.807, 2.05) is 7.05 Å². The number of nitrogens with one attached hydrogen (secondary N) is 1. The molecule has 1 heterocycles. The second-order valence-corrected chi connectivity index (χ2v) is 6.29. The summed E-state index contributed by atoms with van der Waals surface area (Å²) < 4.78 is 30.4. The fraction of sp³-hybridized carbons (Fsp3) is 1.00. The first-order valence-corrected chi connectivity index (χ1v) is 6.67. The van der Waals surface area contributed by atoms with Crippen molar-refractivity contribution in [3.63, 3.8) is 0 Å². The Morgan fingerprint density at radius 3 is 2.62 bits per heavy atom. The molecule has 16 heavy (non-hydrogen) atoms. The maximum atomic E-state index is 12.0. The Labute approximate surface area is 104 Å². The smallest absolute Gasteiger partial charge is 0.219 e. The number of ether oxygens (including phenoxy) is 1. The van der Waals surface area contributed by atoms with Gasteiger partial charge in [0.2, 0.25) is 10.0 Å². The molecule has 7 heteroatoms. The average molecular weight is 273 g/mol. The van der Waals surface area contributed by atoms with Gasteiger partial charge in [-0.15, -0.1) is 12.4 Å². The lowest BCUT2D eigenvalue weighted by molar-refractivity contribution is 0.198. The quantitative estimate of drug-likeness (QED) is 0.769. The highest BCUT2D eigenvalue weighted by Crippen LogP contribution is 2.17. The van der Waals surface area contributed by atoms with Gasteiger partial charge in [-0.3, -0.25) is 0 Å². The van der Waals surface area contributed by atoms with Crippen LogP contribution >= 0.6 is 12.4 Å². The highest BCUT2D eigenvalue weighted by Gasteiger charge is 2.34. The lowest BCUT2D eigenvalue weighted by Crippen LogP contribution is -2.39. The fourth-order valence-corrected chi connectivity index (χ4v) is 3.33. The number of rotatable bonds is 5. The van der Waals surface area contributed by atoms with Crippen molar-refractivity contribution in [1.82, 2.24) is 9.62 Å². The maximum absolute atomic E-state index is 12.0. The standard InChI is InChI=1S/C9H20N2O3S.ClH/c1-8(7-14-3)15(12,13)11-5-4-9(6-11)10-2;/h8-10H,4-7H2,1-3H3;1H. The first-order chi connectivity index (χ1) is 7.02. The van der Waals surface area contributed by atoms with Crippen LogP contribution in [0.1, 0.15) is 13.3 Å². The SMILES string of the molecule is CNC1CCN(S(=O)(=O)C(C)COC)C1.Cl. The van der Waals surface area contributed by atoms with Gasteiger partial charge in [0.25, 0.3) is 0 Å². The maximum Gasteiger partial charge on any atom is 0.219 e. The van der Waals surface area contributed by atoms with Crippen molar-refractivity contribution >= 4 is 22.4 Å². The Morgan fingerprint density at radius 2 is 2.19 bits per heavy atom. The minimum Gasteiger partial charge on any atom is -0.383 e. The van der Waals surface area contributed by atoms with Gasteiger partial charge in [0.15, 0.2) is 0 Å². The van der Waals surface area contributed by atoms with Crippen LogP contribution in [0.15, 0.2) is 0 Å². The highest BCUT2D eigenvalue weighted by molar-refractivity contribution is 7.89. The van der Waals surface area contributed by atoms with Gasteiger partial charge in [-0.2, -0.15) is 0 Å². The van der Waals surface area contributed by atoms with E-state index < -0.39 is 15.3 Å². The molecule has 1 aliphatic rings. The van der Waals surface area contributed by atoms with Crippen molar-refractivity contribution < 1.29 is 13.2 Å². The molecule has 0 aromatic heterocycles. The van der Waals surface area contributed by atoms with E-state index in [1.54, 1.807) is 11.2 Å². The van der Waals surface area contributed by atoms with Crippen LogP contribution in [-0.4, -0.2) is 57.9 Å². The zero-order valence-corrected chi connectivity index (χ0v) is 11.6. The topological polar surface area (TPSA) is 58.6 Å². The minimum absolute atomic E-state index is 0. The molecule has 0 spiro atoms. The van der Waals surface area contributed by atoms with Crippen LogP contribution in [0.2, 0.25) is 0 Å². The highest BCUT2D eigenvalue weighted by atomic mass is 35.5. The number of sulfonamides is 1.